The monoisotopic (exact) mass is 237 g/mol. The van der Waals surface area contributed by atoms with Gasteiger partial charge in [-0.2, -0.15) is 0 Å². The molecule has 0 radical (unpaired) electrons. The first-order valence-corrected chi connectivity index (χ1v) is 6.30. The zero-order valence-electron chi connectivity index (χ0n) is 10.2. The van der Waals surface area contributed by atoms with Crippen LogP contribution in [0.4, 0.5) is 4.39 Å². The zero-order chi connectivity index (χ0) is 12.3. The van der Waals surface area contributed by atoms with Gasteiger partial charge in [-0.05, 0) is 30.7 Å². The standard InChI is InChI=1S/C14H20FNO/c1-2-14(7-8-14)10-16-9-13(17)11-5-3-4-6-12(11)15/h3-6,13,16-17H,2,7-10H2,1H3. The van der Waals surface area contributed by atoms with Gasteiger partial charge in [0.15, 0.2) is 0 Å². The van der Waals surface area contributed by atoms with Crippen LogP contribution in [0.5, 0.6) is 0 Å². The van der Waals surface area contributed by atoms with Gasteiger partial charge in [0.25, 0.3) is 0 Å². The van der Waals surface area contributed by atoms with Crippen LogP contribution in [0.3, 0.4) is 0 Å². The van der Waals surface area contributed by atoms with Crippen LogP contribution in [0.25, 0.3) is 0 Å². The Bertz CT molecular complexity index is 376. The van der Waals surface area contributed by atoms with Crippen molar-refractivity contribution in [1.82, 2.24) is 5.32 Å². The zero-order valence-corrected chi connectivity index (χ0v) is 10.2. The smallest absolute Gasteiger partial charge is 0.129 e. The highest BCUT2D eigenvalue weighted by Crippen LogP contribution is 2.47. The van der Waals surface area contributed by atoms with Gasteiger partial charge in [0.2, 0.25) is 0 Å². The molecule has 1 aliphatic carbocycles. The number of halogens is 1. The van der Waals surface area contributed by atoms with Crippen LogP contribution >= 0.6 is 0 Å². The lowest BCUT2D eigenvalue weighted by Crippen LogP contribution is -2.28. The van der Waals surface area contributed by atoms with E-state index in [2.05, 4.69) is 12.2 Å². The summed E-state index contributed by atoms with van der Waals surface area (Å²) in [6.45, 7) is 3.54. The van der Waals surface area contributed by atoms with Gasteiger partial charge in [-0.3, -0.25) is 0 Å². The Morgan fingerprint density at radius 2 is 2.12 bits per heavy atom. The predicted molar refractivity (Wildman–Crippen MR) is 66.2 cm³/mol. The Hall–Kier alpha value is -0.930. The molecule has 94 valence electrons. The number of benzene rings is 1. The molecular weight excluding hydrogens is 217 g/mol. The Balaban J connectivity index is 1.81. The minimum Gasteiger partial charge on any atom is -0.387 e. The summed E-state index contributed by atoms with van der Waals surface area (Å²) in [6, 6.07) is 6.40. The quantitative estimate of drug-likeness (QED) is 0.797. The second-order valence-electron chi connectivity index (χ2n) is 5.02. The maximum Gasteiger partial charge on any atom is 0.129 e. The van der Waals surface area contributed by atoms with Crippen molar-refractivity contribution in [2.75, 3.05) is 13.1 Å². The molecule has 0 amide bonds. The number of hydrogen-bond acceptors (Lipinski definition) is 2. The fourth-order valence-corrected chi connectivity index (χ4v) is 2.16. The second-order valence-corrected chi connectivity index (χ2v) is 5.02. The Morgan fingerprint density at radius 1 is 1.41 bits per heavy atom. The molecule has 1 unspecified atom stereocenters. The molecule has 17 heavy (non-hydrogen) atoms. The van der Waals surface area contributed by atoms with Gasteiger partial charge in [0, 0.05) is 18.7 Å². The van der Waals surface area contributed by atoms with Crippen molar-refractivity contribution in [3.8, 4) is 0 Å². The highest BCUT2D eigenvalue weighted by molar-refractivity contribution is 5.20. The average Bonchev–Trinajstić information content (AvgIpc) is 3.10. The van der Waals surface area contributed by atoms with E-state index in [9.17, 15) is 9.50 Å². The molecule has 0 saturated heterocycles. The summed E-state index contributed by atoms with van der Waals surface area (Å²) in [5.74, 6) is -0.335. The summed E-state index contributed by atoms with van der Waals surface area (Å²) in [7, 11) is 0. The van der Waals surface area contributed by atoms with Gasteiger partial charge in [-0.15, -0.1) is 0 Å². The first-order valence-electron chi connectivity index (χ1n) is 6.30. The molecular formula is C14H20FNO. The van der Waals surface area contributed by atoms with E-state index in [1.807, 2.05) is 0 Å². The SMILES string of the molecule is CCC1(CNCC(O)c2ccccc2F)CC1. The highest BCUT2D eigenvalue weighted by atomic mass is 19.1. The molecule has 0 bridgehead atoms. The molecule has 1 atom stereocenters. The summed E-state index contributed by atoms with van der Waals surface area (Å²) in [5.41, 5.74) is 0.830. The number of rotatable bonds is 6. The van der Waals surface area contributed by atoms with Crippen molar-refractivity contribution in [2.24, 2.45) is 5.41 Å². The van der Waals surface area contributed by atoms with E-state index in [1.54, 1.807) is 18.2 Å². The van der Waals surface area contributed by atoms with Crippen molar-refractivity contribution in [3.63, 3.8) is 0 Å². The van der Waals surface area contributed by atoms with Crippen molar-refractivity contribution >= 4 is 0 Å². The molecule has 0 aliphatic heterocycles. The number of aliphatic hydroxyl groups is 1. The van der Waals surface area contributed by atoms with Gasteiger partial charge in [0.1, 0.15) is 5.82 Å². The molecule has 0 spiro atoms. The first kappa shape index (κ1) is 12.5. The highest BCUT2D eigenvalue weighted by Gasteiger charge is 2.39. The maximum atomic E-state index is 13.4. The third kappa shape index (κ3) is 3.05. The number of nitrogens with one attached hydrogen (secondary N) is 1. The summed E-state index contributed by atoms with van der Waals surface area (Å²) < 4.78 is 13.4. The lowest BCUT2D eigenvalue weighted by molar-refractivity contribution is 0.167. The van der Waals surface area contributed by atoms with Crippen LogP contribution < -0.4 is 5.32 Å². The molecule has 1 saturated carbocycles. The minimum atomic E-state index is -0.760. The van der Waals surface area contributed by atoms with Crippen LogP contribution in [0.1, 0.15) is 37.9 Å². The van der Waals surface area contributed by atoms with E-state index in [4.69, 9.17) is 0 Å². The van der Waals surface area contributed by atoms with Gasteiger partial charge >= 0.3 is 0 Å². The lowest BCUT2D eigenvalue weighted by Gasteiger charge is -2.16. The molecule has 2 N–H and O–H groups in total. The van der Waals surface area contributed by atoms with Gasteiger partial charge in [-0.25, -0.2) is 4.39 Å². The average molecular weight is 237 g/mol. The van der Waals surface area contributed by atoms with Gasteiger partial charge < -0.3 is 10.4 Å². The summed E-state index contributed by atoms with van der Waals surface area (Å²) in [4.78, 5) is 0. The molecule has 0 heterocycles. The van der Waals surface area contributed by atoms with Crippen LogP contribution in [0, 0.1) is 11.2 Å². The van der Waals surface area contributed by atoms with E-state index in [0.29, 0.717) is 17.5 Å². The normalized spacial score (nSPS) is 19.0. The Labute approximate surface area is 102 Å². The van der Waals surface area contributed by atoms with Gasteiger partial charge in [-0.1, -0.05) is 25.1 Å². The molecule has 1 aliphatic rings. The van der Waals surface area contributed by atoms with Gasteiger partial charge in [0.05, 0.1) is 6.10 Å². The number of aliphatic hydroxyl groups excluding tert-OH is 1. The summed E-state index contributed by atoms with van der Waals surface area (Å²) >= 11 is 0. The topological polar surface area (TPSA) is 32.3 Å². The fourth-order valence-electron chi connectivity index (χ4n) is 2.16. The molecule has 3 heteroatoms. The van der Waals surface area contributed by atoms with Crippen LogP contribution in [0.15, 0.2) is 24.3 Å². The third-order valence-electron chi connectivity index (χ3n) is 3.81. The molecule has 1 aromatic rings. The first-order chi connectivity index (χ1) is 8.17. The van der Waals surface area contributed by atoms with E-state index in [1.165, 1.54) is 25.3 Å². The maximum absolute atomic E-state index is 13.4. The Kier molecular flexibility index (Phi) is 3.79. The predicted octanol–water partition coefficient (Wildman–Crippen LogP) is 2.64. The van der Waals surface area contributed by atoms with E-state index in [-0.39, 0.29) is 5.82 Å². The lowest BCUT2D eigenvalue weighted by atomic mass is 10.0. The van der Waals surface area contributed by atoms with Crippen LogP contribution in [-0.2, 0) is 0 Å². The van der Waals surface area contributed by atoms with E-state index in [0.717, 1.165) is 6.54 Å². The molecule has 1 aromatic carbocycles. The van der Waals surface area contributed by atoms with E-state index < -0.39 is 6.10 Å². The molecule has 0 aromatic heterocycles. The number of hydrogen-bond donors (Lipinski definition) is 2. The van der Waals surface area contributed by atoms with Crippen LogP contribution in [-0.4, -0.2) is 18.2 Å². The van der Waals surface area contributed by atoms with Crippen molar-refractivity contribution in [2.45, 2.75) is 32.3 Å². The third-order valence-corrected chi connectivity index (χ3v) is 3.81. The second kappa shape index (κ2) is 5.15. The molecule has 2 nitrogen and oxygen atoms in total. The van der Waals surface area contributed by atoms with Crippen molar-refractivity contribution in [3.05, 3.63) is 35.6 Å². The largest absolute Gasteiger partial charge is 0.387 e. The van der Waals surface area contributed by atoms with Crippen molar-refractivity contribution in [1.29, 1.82) is 0 Å². The summed E-state index contributed by atoms with van der Waals surface area (Å²) in [6.07, 6.45) is 2.96. The minimum absolute atomic E-state index is 0.335. The molecule has 2 rings (SSSR count). The summed E-state index contributed by atoms with van der Waals surface area (Å²) in [5, 5.41) is 13.1. The fraction of sp³-hybridized carbons (Fsp3) is 0.571. The molecule has 1 fully saturated rings. The van der Waals surface area contributed by atoms with Crippen molar-refractivity contribution < 1.29 is 9.50 Å². The van der Waals surface area contributed by atoms with E-state index >= 15 is 0 Å². The van der Waals surface area contributed by atoms with Crippen LogP contribution in [0.2, 0.25) is 0 Å². The Morgan fingerprint density at radius 3 is 2.71 bits per heavy atom.